The molecule has 1 atom stereocenters. The lowest BCUT2D eigenvalue weighted by molar-refractivity contribution is 0.535. The molecule has 0 saturated heterocycles. The summed E-state index contributed by atoms with van der Waals surface area (Å²) in [7, 11) is 0. The molecule has 0 nitrogen and oxygen atoms in total. The van der Waals surface area contributed by atoms with Gasteiger partial charge in [0.15, 0.2) is 0 Å². The van der Waals surface area contributed by atoms with E-state index in [4.69, 9.17) is 0 Å². The van der Waals surface area contributed by atoms with Gasteiger partial charge >= 0.3 is 0 Å². The Bertz CT molecular complexity index is 199. The van der Waals surface area contributed by atoms with Crippen molar-refractivity contribution in [2.75, 3.05) is 0 Å². The van der Waals surface area contributed by atoms with Crippen LogP contribution in [0, 0.1) is 5.92 Å². The zero-order valence-electron chi connectivity index (χ0n) is 11.5. The molecule has 16 heavy (non-hydrogen) atoms. The maximum Gasteiger partial charge on any atom is -0.0167 e. The third-order valence-corrected chi connectivity index (χ3v) is 2.33. The molecule has 0 saturated carbocycles. The van der Waals surface area contributed by atoms with Gasteiger partial charge in [0.2, 0.25) is 0 Å². The van der Waals surface area contributed by atoms with Crippen molar-refractivity contribution in [3.63, 3.8) is 0 Å². The van der Waals surface area contributed by atoms with Gasteiger partial charge in [-0.15, -0.1) is 0 Å². The monoisotopic (exact) mass is 224 g/mol. The van der Waals surface area contributed by atoms with Crippen molar-refractivity contribution >= 4 is 0 Å². The van der Waals surface area contributed by atoms with E-state index in [-0.39, 0.29) is 7.43 Å². The second kappa shape index (κ2) is 14.2. The highest BCUT2D eigenvalue weighted by atomic mass is 14.1. The average Bonchev–Trinajstić information content (AvgIpc) is 2.34. The quantitative estimate of drug-likeness (QED) is 0.566. The molecule has 0 bridgehead atoms. The van der Waals surface area contributed by atoms with Crippen LogP contribution in [0.1, 0.15) is 67.4 Å². The number of hydrogen-bond acceptors (Lipinski definition) is 0. The van der Waals surface area contributed by atoms with Crippen LogP contribution in [0.4, 0.5) is 0 Å². The van der Waals surface area contributed by atoms with E-state index in [1.807, 2.05) is 27.7 Å². The zero-order chi connectivity index (χ0) is 12.3. The van der Waals surface area contributed by atoms with Crippen LogP contribution in [0.2, 0.25) is 0 Å². The minimum Gasteiger partial charge on any atom is -0.0776 e. The van der Waals surface area contributed by atoms with Gasteiger partial charge in [-0.25, -0.2) is 0 Å². The molecular weight excluding hydrogens is 192 g/mol. The first-order valence-corrected chi connectivity index (χ1v) is 6.26. The van der Waals surface area contributed by atoms with E-state index >= 15 is 0 Å². The topological polar surface area (TPSA) is 0 Å². The molecule has 0 fully saturated rings. The van der Waals surface area contributed by atoms with Gasteiger partial charge in [-0.2, -0.15) is 0 Å². The van der Waals surface area contributed by atoms with Crippen LogP contribution < -0.4 is 0 Å². The molecule has 0 aliphatic heterocycles. The molecule has 0 heteroatoms. The second-order valence-electron chi connectivity index (χ2n) is 3.44. The normalized spacial score (nSPS) is 10.0. The molecule has 0 unspecified atom stereocenters. The van der Waals surface area contributed by atoms with E-state index in [9.17, 15) is 0 Å². The molecule has 1 aromatic carbocycles. The van der Waals surface area contributed by atoms with Crippen LogP contribution >= 0.6 is 0 Å². The third kappa shape index (κ3) is 8.52. The van der Waals surface area contributed by atoms with Crippen molar-refractivity contribution in [3.8, 4) is 0 Å². The first kappa shape index (κ1) is 20.6. The minimum absolute atomic E-state index is 0. The summed E-state index contributed by atoms with van der Waals surface area (Å²) >= 11 is 0. The Labute approximate surface area is 104 Å². The Morgan fingerprint density at radius 1 is 0.750 bits per heavy atom. The first-order chi connectivity index (χ1) is 7.22. The second-order valence-corrected chi connectivity index (χ2v) is 3.44. The molecule has 0 spiro atoms. The summed E-state index contributed by atoms with van der Waals surface area (Å²) in [5, 5.41) is 0. The van der Waals surface area contributed by atoms with E-state index in [0.717, 1.165) is 5.92 Å². The first-order valence-electron chi connectivity index (χ1n) is 6.26. The average molecular weight is 224 g/mol. The van der Waals surface area contributed by atoms with Crippen molar-refractivity contribution in [2.45, 2.75) is 61.8 Å². The molecule has 0 heterocycles. The van der Waals surface area contributed by atoms with Gasteiger partial charge in [-0.3, -0.25) is 0 Å². The SMILES string of the molecule is C.CC.CC.CC(C)[C@H](C)c1ccccc1. The van der Waals surface area contributed by atoms with Gasteiger partial charge in [-0.05, 0) is 17.4 Å². The molecule has 96 valence electrons. The van der Waals surface area contributed by atoms with Crippen molar-refractivity contribution in [1.82, 2.24) is 0 Å². The third-order valence-electron chi connectivity index (χ3n) is 2.33. The van der Waals surface area contributed by atoms with Crippen molar-refractivity contribution in [1.29, 1.82) is 0 Å². The highest BCUT2D eigenvalue weighted by Gasteiger charge is 2.07. The Morgan fingerprint density at radius 3 is 1.44 bits per heavy atom. The molecule has 1 rings (SSSR count). The summed E-state index contributed by atoms with van der Waals surface area (Å²) in [5.41, 5.74) is 1.45. The summed E-state index contributed by atoms with van der Waals surface area (Å²) in [6.45, 7) is 14.8. The predicted octanol–water partition coefficient (Wildman–Crippen LogP) is 6.13. The summed E-state index contributed by atoms with van der Waals surface area (Å²) in [4.78, 5) is 0. The van der Waals surface area contributed by atoms with Gasteiger partial charge in [0.25, 0.3) is 0 Å². The standard InChI is InChI=1S/C11H16.2C2H6.CH4/c1-9(2)10(3)11-7-5-4-6-8-11;2*1-2;/h4-10H,1-3H3;2*1-2H3;1H4/t10-;;;/m0.../s1. The zero-order valence-corrected chi connectivity index (χ0v) is 11.5. The van der Waals surface area contributed by atoms with Crippen molar-refractivity contribution < 1.29 is 0 Å². The molecule has 1 aromatic rings. The van der Waals surface area contributed by atoms with E-state index in [1.165, 1.54) is 5.56 Å². The number of benzene rings is 1. The van der Waals surface area contributed by atoms with Gasteiger partial charge in [-0.1, -0.05) is 86.2 Å². The van der Waals surface area contributed by atoms with Crippen LogP contribution in [-0.4, -0.2) is 0 Å². The molecule has 0 aliphatic carbocycles. The minimum atomic E-state index is 0. The lowest BCUT2D eigenvalue weighted by Crippen LogP contribution is -2.00. The van der Waals surface area contributed by atoms with Gasteiger partial charge in [0.1, 0.15) is 0 Å². The largest absolute Gasteiger partial charge is 0.0776 e. The Hall–Kier alpha value is -0.780. The van der Waals surface area contributed by atoms with Crippen LogP contribution in [0.15, 0.2) is 30.3 Å². The van der Waals surface area contributed by atoms with Crippen LogP contribution in [0.3, 0.4) is 0 Å². The highest BCUT2D eigenvalue weighted by Crippen LogP contribution is 2.22. The van der Waals surface area contributed by atoms with Gasteiger partial charge in [0, 0.05) is 0 Å². The summed E-state index contributed by atoms with van der Waals surface area (Å²) in [6, 6.07) is 10.7. The molecule has 0 aliphatic rings. The smallest absolute Gasteiger partial charge is 0.0167 e. The fourth-order valence-electron chi connectivity index (χ4n) is 1.14. The maximum absolute atomic E-state index is 2.28. The fourth-order valence-corrected chi connectivity index (χ4v) is 1.14. The molecule has 0 radical (unpaired) electrons. The lowest BCUT2D eigenvalue weighted by Gasteiger charge is -2.15. The fraction of sp³-hybridized carbons (Fsp3) is 0.625. The Morgan fingerprint density at radius 2 is 1.12 bits per heavy atom. The molecule has 0 N–H and O–H groups in total. The molecule has 0 aromatic heterocycles. The highest BCUT2D eigenvalue weighted by molar-refractivity contribution is 5.18. The van der Waals surface area contributed by atoms with Crippen molar-refractivity contribution in [2.24, 2.45) is 5.92 Å². The summed E-state index contributed by atoms with van der Waals surface area (Å²) < 4.78 is 0. The van der Waals surface area contributed by atoms with Gasteiger partial charge in [0.05, 0.1) is 0 Å². The van der Waals surface area contributed by atoms with Crippen molar-refractivity contribution in [3.05, 3.63) is 35.9 Å². The number of hydrogen-bond donors (Lipinski definition) is 0. The predicted molar refractivity (Wildman–Crippen MR) is 79.1 cm³/mol. The lowest BCUT2D eigenvalue weighted by atomic mass is 9.91. The van der Waals surface area contributed by atoms with Crippen LogP contribution in [0.25, 0.3) is 0 Å². The summed E-state index contributed by atoms with van der Waals surface area (Å²) in [5.74, 6) is 1.41. The van der Waals surface area contributed by atoms with E-state index in [0.29, 0.717) is 5.92 Å². The summed E-state index contributed by atoms with van der Waals surface area (Å²) in [6.07, 6.45) is 0. The van der Waals surface area contributed by atoms with Gasteiger partial charge < -0.3 is 0 Å². The molecule has 0 amide bonds. The van der Waals surface area contributed by atoms with E-state index in [2.05, 4.69) is 51.1 Å². The van der Waals surface area contributed by atoms with Crippen LogP contribution in [0.5, 0.6) is 0 Å². The van der Waals surface area contributed by atoms with Crippen LogP contribution in [-0.2, 0) is 0 Å². The Kier molecular flexibility index (Phi) is 18.3. The maximum atomic E-state index is 2.28. The van der Waals surface area contributed by atoms with E-state index < -0.39 is 0 Å². The molecular formula is C16H32. The Balaban J connectivity index is -0.000000305. The van der Waals surface area contributed by atoms with E-state index in [1.54, 1.807) is 0 Å². The number of rotatable bonds is 2.